The third-order valence-electron chi connectivity index (χ3n) is 2.35. The van der Waals surface area contributed by atoms with E-state index in [2.05, 4.69) is 10.3 Å². The summed E-state index contributed by atoms with van der Waals surface area (Å²) in [6.07, 6.45) is 8.08. The molecule has 0 radical (unpaired) electrons. The Morgan fingerprint density at radius 2 is 2.67 bits per heavy atom. The molecule has 12 heavy (non-hydrogen) atoms. The molecule has 1 N–H and O–H groups in total. The number of nitrogens with zero attached hydrogens (tertiary/aromatic N) is 1. The molecule has 3 nitrogen and oxygen atoms in total. The first-order valence-corrected chi connectivity index (χ1v) is 4.57. The average molecular weight is 166 g/mol. The highest BCUT2D eigenvalue weighted by molar-refractivity contribution is 4.83. The van der Waals surface area contributed by atoms with Gasteiger partial charge >= 0.3 is 0 Å². The van der Waals surface area contributed by atoms with Gasteiger partial charge in [0.2, 0.25) is 0 Å². The molecule has 1 aliphatic heterocycles. The summed E-state index contributed by atoms with van der Waals surface area (Å²) in [5.74, 6) is 0.865. The number of aromatic nitrogens is 1. The molecule has 0 saturated carbocycles. The summed E-state index contributed by atoms with van der Waals surface area (Å²) in [6.45, 7) is 1.18. The maximum atomic E-state index is 5.15. The number of hydrogen-bond acceptors (Lipinski definition) is 3. The monoisotopic (exact) mass is 166 g/mol. The highest BCUT2D eigenvalue weighted by Gasteiger charge is 2.14. The molecule has 1 unspecified atom stereocenters. The second-order valence-electron chi connectivity index (χ2n) is 3.26. The lowest BCUT2D eigenvalue weighted by Crippen LogP contribution is -2.21. The van der Waals surface area contributed by atoms with Crippen LogP contribution >= 0.6 is 0 Å². The van der Waals surface area contributed by atoms with E-state index in [9.17, 15) is 0 Å². The number of aryl methyl sites for hydroxylation is 1. The molecule has 1 aromatic heterocycles. The van der Waals surface area contributed by atoms with E-state index in [0.717, 1.165) is 18.7 Å². The molecule has 1 aliphatic rings. The van der Waals surface area contributed by atoms with Gasteiger partial charge in [0.25, 0.3) is 0 Å². The van der Waals surface area contributed by atoms with Gasteiger partial charge in [0.1, 0.15) is 6.26 Å². The van der Waals surface area contributed by atoms with Crippen LogP contribution in [0.2, 0.25) is 0 Å². The van der Waals surface area contributed by atoms with Crippen molar-refractivity contribution in [3.8, 4) is 0 Å². The molecule has 3 heteroatoms. The Morgan fingerprint density at radius 3 is 3.33 bits per heavy atom. The van der Waals surface area contributed by atoms with Crippen molar-refractivity contribution in [3.05, 3.63) is 18.4 Å². The van der Waals surface area contributed by atoms with Gasteiger partial charge in [-0.05, 0) is 25.8 Å². The molecule has 1 atom stereocenters. The molecule has 2 heterocycles. The van der Waals surface area contributed by atoms with E-state index >= 15 is 0 Å². The van der Waals surface area contributed by atoms with Gasteiger partial charge in [-0.15, -0.1) is 0 Å². The predicted molar refractivity (Wildman–Crippen MR) is 45.8 cm³/mol. The highest BCUT2D eigenvalue weighted by atomic mass is 16.3. The lowest BCUT2D eigenvalue weighted by molar-refractivity contribution is 0.460. The van der Waals surface area contributed by atoms with E-state index in [1.54, 1.807) is 12.5 Å². The van der Waals surface area contributed by atoms with Crippen LogP contribution in [0.15, 0.2) is 16.9 Å². The lowest BCUT2D eigenvalue weighted by Gasteiger charge is -2.06. The minimum atomic E-state index is 0.692. The fourth-order valence-corrected chi connectivity index (χ4v) is 1.68. The van der Waals surface area contributed by atoms with E-state index < -0.39 is 0 Å². The van der Waals surface area contributed by atoms with Crippen molar-refractivity contribution in [2.45, 2.75) is 31.7 Å². The van der Waals surface area contributed by atoms with Crippen molar-refractivity contribution >= 4 is 0 Å². The molecule has 0 bridgehead atoms. The van der Waals surface area contributed by atoms with Crippen LogP contribution in [0, 0.1) is 0 Å². The third-order valence-corrected chi connectivity index (χ3v) is 2.35. The Bertz CT molecular complexity index is 214. The van der Waals surface area contributed by atoms with Gasteiger partial charge in [0.15, 0.2) is 5.89 Å². The summed E-state index contributed by atoms with van der Waals surface area (Å²) in [6, 6.07) is 0.692. The summed E-state index contributed by atoms with van der Waals surface area (Å²) < 4.78 is 5.15. The second-order valence-corrected chi connectivity index (χ2v) is 3.26. The van der Waals surface area contributed by atoms with Crippen LogP contribution in [0.3, 0.4) is 0 Å². The molecular weight excluding hydrogens is 152 g/mol. The minimum Gasteiger partial charge on any atom is -0.449 e. The van der Waals surface area contributed by atoms with Crippen LogP contribution in [0.1, 0.15) is 25.2 Å². The van der Waals surface area contributed by atoms with Crippen molar-refractivity contribution in [1.82, 2.24) is 10.3 Å². The zero-order chi connectivity index (χ0) is 8.23. The van der Waals surface area contributed by atoms with E-state index in [-0.39, 0.29) is 0 Å². The fraction of sp³-hybridized carbons (Fsp3) is 0.667. The van der Waals surface area contributed by atoms with Crippen LogP contribution in [-0.2, 0) is 6.42 Å². The van der Waals surface area contributed by atoms with Gasteiger partial charge in [-0.2, -0.15) is 0 Å². The Kier molecular flexibility index (Phi) is 2.42. The first kappa shape index (κ1) is 7.80. The largest absolute Gasteiger partial charge is 0.449 e. The Hall–Kier alpha value is -0.830. The maximum Gasteiger partial charge on any atom is 0.193 e. The van der Waals surface area contributed by atoms with Crippen LogP contribution in [-0.4, -0.2) is 17.6 Å². The summed E-state index contributed by atoms with van der Waals surface area (Å²) in [7, 11) is 0. The molecule has 66 valence electrons. The number of hydrogen-bond donors (Lipinski definition) is 1. The van der Waals surface area contributed by atoms with Gasteiger partial charge in [-0.3, -0.25) is 0 Å². The Morgan fingerprint density at radius 1 is 1.67 bits per heavy atom. The van der Waals surface area contributed by atoms with Crippen LogP contribution in [0.4, 0.5) is 0 Å². The summed E-state index contributed by atoms with van der Waals surface area (Å²) in [5, 5.41) is 3.45. The highest BCUT2D eigenvalue weighted by Crippen LogP contribution is 2.11. The lowest BCUT2D eigenvalue weighted by atomic mass is 10.1. The summed E-state index contributed by atoms with van der Waals surface area (Å²) in [4.78, 5) is 4.08. The molecule has 1 aromatic rings. The summed E-state index contributed by atoms with van der Waals surface area (Å²) >= 11 is 0. The Balaban J connectivity index is 1.74. The number of rotatable bonds is 3. The normalized spacial score (nSPS) is 23.2. The van der Waals surface area contributed by atoms with Crippen molar-refractivity contribution in [3.63, 3.8) is 0 Å². The van der Waals surface area contributed by atoms with E-state index in [1.165, 1.54) is 19.4 Å². The molecule has 1 fully saturated rings. The molecule has 0 aromatic carbocycles. The average Bonchev–Trinajstić information content (AvgIpc) is 2.74. The molecule has 0 spiro atoms. The van der Waals surface area contributed by atoms with Crippen LogP contribution < -0.4 is 5.32 Å². The van der Waals surface area contributed by atoms with Crippen molar-refractivity contribution in [2.24, 2.45) is 0 Å². The molecular formula is C9H14N2O. The smallest absolute Gasteiger partial charge is 0.193 e. The first-order chi connectivity index (χ1) is 5.95. The van der Waals surface area contributed by atoms with Gasteiger partial charge in [-0.25, -0.2) is 4.98 Å². The SMILES string of the molecule is c1coc(CCC2CCCN2)n1. The van der Waals surface area contributed by atoms with E-state index in [4.69, 9.17) is 4.42 Å². The van der Waals surface area contributed by atoms with Crippen LogP contribution in [0.25, 0.3) is 0 Å². The van der Waals surface area contributed by atoms with Crippen molar-refractivity contribution in [2.75, 3.05) is 6.54 Å². The van der Waals surface area contributed by atoms with Gasteiger partial charge < -0.3 is 9.73 Å². The van der Waals surface area contributed by atoms with Gasteiger partial charge in [0.05, 0.1) is 6.20 Å². The molecule has 0 amide bonds. The standard InChI is InChI=1S/C9H14N2O/c1-2-8(10-5-1)3-4-9-11-6-7-12-9/h6-8,10H,1-5H2. The number of nitrogens with one attached hydrogen (secondary N) is 1. The van der Waals surface area contributed by atoms with Crippen molar-refractivity contribution in [1.29, 1.82) is 0 Å². The topological polar surface area (TPSA) is 38.1 Å². The van der Waals surface area contributed by atoms with Crippen molar-refractivity contribution < 1.29 is 4.42 Å². The van der Waals surface area contributed by atoms with Crippen LogP contribution in [0.5, 0.6) is 0 Å². The predicted octanol–water partition coefficient (Wildman–Crippen LogP) is 1.36. The second kappa shape index (κ2) is 3.72. The van der Waals surface area contributed by atoms with Gasteiger partial charge in [0, 0.05) is 12.5 Å². The first-order valence-electron chi connectivity index (χ1n) is 4.57. The molecule has 0 aliphatic carbocycles. The quantitative estimate of drug-likeness (QED) is 0.736. The van der Waals surface area contributed by atoms with Gasteiger partial charge in [-0.1, -0.05) is 0 Å². The van der Waals surface area contributed by atoms with E-state index in [0.29, 0.717) is 6.04 Å². The zero-order valence-electron chi connectivity index (χ0n) is 7.12. The molecule has 1 saturated heterocycles. The molecule has 2 rings (SSSR count). The summed E-state index contributed by atoms with van der Waals surface area (Å²) in [5.41, 5.74) is 0. The number of oxazole rings is 1. The minimum absolute atomic E-state index is 0.692. The fourth-order valence-electron chi connectivity index (χ4n) is 1.68. The zero-order valence-corrected chi connectivity index (χ0v) is 7.12. The van der Waals surface area contributed by atoms with E-state index in [1.807, 2.05) is 0 Å². The maximum absolute atomic E-state index is 5.15. The Labute approximate surface area is 72.2 Å². The third kappa shape index (κ3) is 1.85.